The number of rotatable bonds is 5. The van der Waals surface area contributed by atoms with Crippen molar-refractivity contribution in [1.29, 1.82) is 0 Å². The largest absolute Gasteiger partial charge is 0.493 e. The Morgan fingerprint density at radius 2 is 1.88 bits per heavy atom. The Morgan fingerprint density at radius 1 is 1.08 bits per heavy atom. The Bertz CT molecular complexity index is 1010. The fourth-order valence-corrected chi connectivity index (χ4v) is 3.83. The van der Waals surface area contributed by atoms with E-state index in [0.717, 1.165) is 26.1 Å². The lowest BCUT2D eigenvalue weighted by Crippen LogP contribution is -2.11. The van der Waals surface area contributed by atoms with Crippen molar-refractivity contribution in [2.24, 2.45) is 10.1 Å². The summed E-state index contributed by atoms with van der Waals surface area (Å²) in [5.74, 6) is 1.31. The first kappa shape index (κ1) is 18.4. The molecule has 3 aromatic rings. The molecule has 0 atom stereocenters. The van der Waals surface area contributed by atoms with Crippen LogP contribution in [0, 0.1) is 0 Å². The molecule has 0 fully saturated rings. The minimum atomic E-state index is 0.645. The van der Waals surface area contributed by atoms with E-state index in [1.807, 2.05) is 52.5 Å². The van der Waals surface area contributed by atoms with Crippen molar-refractivity contribution in [1.82, 2.24) is 4.68 Å². The van der Waals surface area contributed by atoms with Gasteiger partial charge in [-0.15, -0.1) is 11.3 Å². The van der Waals surface area contributed by atoms with Gasteiger partial charge >= 0.3 is 0 Å². The molecule has 0 spiro atoms. The van der Waals surface area contributed by atoms with Crippen LogP contribution < -0.4 is 14.3 Å². The van der Waals surface area contributed by atoms with Crippen molar-refractivity contribution in [3.05, 3.63) is 62.7 Å². The number of thiazole rings is 1. The molecule has 0 aliphatic heterocycles. The van der Waals surface area contributed by atoms with E-state index < -0.39 is 0 Å². The molecule has 0 unspecified atom stereocenters. The van der Waals surface area contributed by atoms with Crippen LogP contribution in [0.25, 0.3) is 11.3 Å². The highest BCUT2D eigenvalue weighted by Gasteiger charge is 2.11. The van der Waals surface area contributed by atoms with E-state index in [1.165, 1.54) is 11.3 Å². The molecule has 5 nitrogen and oxygen atoms in total. The molecule has 0 saturated heterocycles. The average Bonchev–Trinajstić information content (AvgIpc) is 3.08. The molecular formula is C19H18BrN3O2S. The quantitative estimate of drug-likeness (QED) is 0.561. The summed E-state index contributed by atoms with van der Waals surface area (Å²) in [6.07, 6.45) is 1.75. The van der Waals surface area contributed by atoms with E-state index in [0.29, 0.717) is 11.5 Å². The van der Waals surface area contributed by atoms with E-state index in [4.69, 9.17) is 9.47 Å². The first-order valence-electron chi connectivity index (χ1n) is 7.83. The Labute approximate surface area is 164 Å². The van der Waals surface area contributed by atoms with E-state index in [1.54, 1.807) is 27.5 Å². The van der Waals surface area contributed by atoms with Crippen LogP contribution in [0.2, 0.25) is 0 Å². The molecule has 0 N–H and O–H groups in total. The highest BCUT2D eigenvalue weighted by Crippen LogP contribution is 2.30. The van der Waals surface area contributed by atoms with Gasteiger partial charge in [0.2, 0.25) is 4.80 Å². The number of para-hydroxylation sites is 1. The number of hydrogen-bond donors (Lipinski definition) is 0. The zero-order valence-corrected chi connectivity index (χ0v) is 17.0. The zero-order valence-electron chi connectivity index (χ0n) is 14.6. The molecule has 1 heterocycles. The minimum absolute atomic E-state index is 0.645. The lowest BCUT2D eigenvalue weighted by molar-refractivity contribution is 0.354. The van der Waals surface area contributed by atoms with Crippen LogP contribution in [0.5, 0.6) is 11.5 Å². The first-order valence-corrected chi connectivity index (χ1v) is 9.50. The van der Waals surface area contributed by atoms with Crippen LogP contribution in [0.1, 0.15) is 5.56 Å². The second kappa shape index (κ2) is 8.33. The number of hydrogen-bond acceptors (Lipinski definition) is 5. The summed E-state index contributed by atoms with van der Waals surface area (Å²) in [7, 11) is 4.99. The fraction of sp³-hybridized carbons (Fsp3) is 0.158. The van der Waals surface area contributed by atoms with Gasteiger partial charge in [0.05, 0.1) is 26.1 Å². The van der Waals surface area contributed by atoms with E-state index in [9.17, 15) is 0 Å². The Kier molecular flexibility index (Phi) is 5.90. The average molecular weight is 432 g/mol. The van der Waals surface area contributed by atoms with Gasteiger partial charge in [0, 0.05) is 28.0 Å². The van der Waals surface area contributed by atoms with Crippen LogP contribution >= 0.6 is 27.3 Å². The molecular weight excluding hydrogens is 414 g/mol. The number of ether oxygens (including phenoxy) is 2. The number of aromatic nitrogens is 1. The third-order valence-corrected chi connectivity index (χ3v) is 5.37. The third kappa shape index (κ3) is 3.59. The maximum absolute atomic E-state index is 5.47. The molecule has 0 aliphatic rings. The van der Waals surface area contributed by atoms with Gasteiger partial charge in [-0.25, -0.2) is 4.68 Å². The fourth-order valence-electron chi connectivity index (χ4n) is 2.55. The number of methoxy groups -OCH3 is 2. The highest BCUT2D eigenvalue weighted by molar-refractivity contribution is 9.10. The predicted molar refractivity (Wildman–Crippen MR) is 109 cm³/mol. The van der Waals surface area contributed by atoms with Gasteiger partial charge in [-0.3, -0.25) is 4.99 Å². The van der Waals surface area contributed by atoms with E-state index >= 15 is 0 Å². The van der Waals surface area contributed by atoms with Crippen LogP contribution in [0.4, 0.5) is 0 Å². The Hall–Kier alpha value is -2.38. The molecule has 0 bridgehead atoms. The lowest BCUT2D eigenvalue weighted by Gasteiger charge is -2.10. The van der Waals surface area contributed by atoms with Gasteiger partial charge in [-0.1, -0.05) is 40.2 Å². The zero-order chi connectivity index (χ0) is 18.5. The monoisotopic (exact) mass is 431 g/mol. The van der Waals surface area contributed by atoms with E-state index in [-0.39, 0.29) is 0 Å². The molecule has 2 aromatic carbocycles. The van der Waals surface area contributed by atoms with Crippen LogP contribution in [-0.2, 0) is 0 Å². The highest BCUT2D eigenvalue weighted by atomic mass is 79.9. The molecule has 134 valence electrons. The normalized spacial score (nSPS) is 11.9. The second-order valence-corrected chi connectivity index (χ2v) is 6.94. The summed E-state index contributed by atoms with van der Waals surface area (Å²) in [6.45, 7) is 0. The lowest BCUT2D eigenvalue weighted by atomic mass is 10.2. The topological polar surface area (TPSA) is 48.1 Å². The van der Waals surface area contributed by atoms with Gasteiger partial charge in [0.1, 0.15) is 0 Å². The standard InChI is InChI=1S/C19H18BrN3O2S/c1-21-19-23(16(12-26-19)14-8-4-5-9-15(14)20)22-11-13-7-6-10-17(24-2)18(13)25-3/h4-12H,1-3H3. The molecule has 0 aliphatic carbocycles. The smallest absolute Gasteiger partial charge is 0.205 e. The van der Waals surface area contributed by atoms with Crippen molar-refractivity contribution >= 4 is 33.5 Å². The van der Waals surface area contributed by atoms with Crippen molar-refractivity contribution in [2.75, 3.05) is 21.3 Å². The minimum Gasteiger partial charge on any atom is -0.493 e. The van der Waals surface area contributed by atoms with Gasteiger partial charge in [-0.2, -0.15) is 5.10 Å². The van der Waals surface area contributed by atoms with Crippen LogP contribution in [-0.4, -0.2) is 32.2 Å². The molecule has 7 heteroatoms. The summed E-state index contributed by atoms with van der Waals surface area (Å²) in [5.41, 5.74) is 2.83. The first-order chi connectivity index (χ1) is 12.7. The molecule has 26 heavy (non-hydrogen) atoms. The number of halogens is 1. The van der Waals surface area contributed by atoms with Crippen LogP contribution in [0.3, 0.4) is 0 Å². The Morgan fingerprint density at radius 3 is 2.58 bits per heavy atom. The second-order valence-electron chi connectivity index (χ2n) is 5.25. The summed E-state index contributed by atoms with van der Waals surface area (Å²) in [6, 6.07) is 13.7. The summed E-state index contributed by atoms with van der Waals surface area (Å²) < 4.78 is 13.7. The van der Waals surface area contributed by atoms with Crippen molar-refractivity contribution < 1.29 is 9.47 Å². The van der Waals surface area contributed by atoms with Crippen LogP contribution in [0.15, 0.2) is 62.4 Å². The van der Waals surface area contributed by atoms with E-state index in [2.05, 4.69) is 26.0 Å². The summed E-state index contributed by atoms with van der Waals surface area (Å²) in [5, 5.41) is 6.70. The maximum atomic E-state index is 5.47. The summed E-state index contributed by atoms with van der Waals surface area (Å²) in [4.78, 5) is 5.13. The molecule has 1 aromatic heterocycles. The van der Waals surface area contributed by atoms with Gasteiger partial charge < -0.3 is 9.47 Å². The van der Waals surface area contributed by atoms with Gasteiger partial charge in [0.15, 0.2) is 11.5 Å². The SMILES string of the molecule is CN=c1scc(-c2ccccc2Br)n1N=Cc1cccc(OC)c1OC. The summed E-state index contributed by atoms with van der Waals surface area (Å²) >= 11 is 5.15. The molecule has 0 amide bonds. The number of benzene rings is 2. The predicted octanol–water partition coefficient (Wildman–Crippen LogP) is 4.41. The van der Waals surface area contributed by atoms with Crippen molar-refractivity contribution in [3.8, 4) is 22.8 Å². The number of nitrogens with zero attached hydrogens (tertiary/aromatic N) is 3. The molecule has 0 radical (unpaired) electrons. The van der Waals surface area contributed by atoms with Crippen molar-refractivity contribution in [2.45, 2.75) is 0 Å². The van der Waals surface area contributed by atoms with Gasteiger partial charge in [-0.05, 0) is 18.2 Å². The van der Waals surface area contributed by atoms with Gasteiger partial charge in [0.25, 0.3) is 0 Å². The Balaban J connectivity index is 2.11. The third-order valence-electron chi connectivity index (χ3n) is 3.77. The maximum Gasteiger partial charge on any atom is 0.205 e. The molecule has 0 saturated carbocycles. The molecule has 3 rings (SSSR count). The van der Waals surface area contributed by atoms with Crippen molar-refractivity contribution in [3.63, 3.8) is 0 Å².